The first-order valence-corrected chi connectivity index (χ1v) is 6.01. The normalized spacial score (nSPS) is 14.6. The second-order valence-corrected chi connectivity index (χ2v) is 4.34. The third-order valence-corrected chi connectivity index (χ3v) is 3.11. The van der Waals surface area contributed by atoms with E-state index in [2.05, 4.69) is 0 Å². The summed E-state index contributed by atoms with van der Waals surface area (Å²) in [5.41, 5.74) is 3.12. The van der Waals surface area contributed by atoms with Crippen molar-refractivity contribution in [1.82, 2.24) is 0 Å². The topological polar surface area (TPSA) is 46.5 Å². The van der Waals surface area contributed by atoms with Crippen molar-refractivity contribution in [2.45, 2.75) is 0 Å². The lowest BCUT2D eigenvalue weighted by atomic mass is 10.0. The third-order valence-electron chi connectivity index (χ3n) is 3.11. The zero-order valence-corrected chi connectivity index (χ0v) is 10.2. The Morgan fingerprint density at radius 2 is 1.42 bits per heavy atom. The molecule has 94 valence electrons. The van der Waals surface area contributed by atoms with Crippen molar-refractivity contribution in [2.75, 3.05) is 6.61 Å². The van der Waals surface area contributed by atoms with Crippen molar-refractivity contribution in [3.8, 4) is 11.1 Å². The fourth-order valence-corrected chi connectivity index (χ4v) is 2.14. The van der Waals surface area contributed by atoms with Crippen LogP contribution in [0.4, 0.5) is 0 Å². The lowest BCUT2D eigenvalue weighted by Crippen LogP contribution is -1.98. The van der Waals surface area contributed by atoms with E-state index in [0.717, 1.165) is 11.1 Å². The lowest BCUT2D eigenvalue weighted by molar-refractivity contribution is -0.134. The molecule has 0 spiro atoms. The van der Waals surface area contributed by atoms with E-state index in [1.165, 1.54) is 0 Å². The molecule has 0 bridgehead atoms. The molecule has 1 aliphatic rings. The van der Waals surface area contributed by atoms with E-state index in [0.29, 0.717) is 5.56 Å². The fraction of sp³-hybridized carbons (Fsp3) is 0.0625. The van der Waals surface area contributed by atoms with E-state index in [1.807, 2.05) is 54.6 Å². The van der Waals surface area contributed by atoms with Crippen LogP contribution in [-0.4, -0.2) is 17.7 Å². The Balaban J connectivity index is 1.96. The predicted molar refractivity (Wildman–Crippen MR) is 72.4 cm³/mol. The zero-order valence-electron chi connectivity index (χ0n) is 10.2. The Morgan fingerprint density at radius 3 is 2.00 bits per heavy atom. The largest absolute Gasteiger partial charge is 0.508 e. The molecule has 0 saturated heterocycles. The summed E-state index contributed by atoms with van der Waals surface area (Å²) >= 11 is 0. The fourth-order valence-electron chi connectivity index (χ4n) is 2.14. The molecule has 3 nitrogen and oxygen atoms in total. The van der Waals surface area contributed by atoms with Gasteiger partial charge in [0, 0.05) is 0 Å². The Hall–Kier alpha value is -2.55. The number of ether oxygens (including phenoxy) is 1. The van der Waals surface area contributed by atoms with Crippen LogP contribution in [0.1, 0.15) is 5.56 Å². The van der Waals surface area contributed by atoms with Gasteiger partial charge in [-0.1, -0.05) is 54.6 Å². The number of aliphatic hydroxyl groups excluding tert-OH is 1. The van der Waals surface area contributed by atoms with E-state index in [9.17, 15) is 9.90 Å². The molecule has 1 heterocycles. The molecule has 0 aliphatic carbocycles. The summed E-state index contributed by atoms with van der Waals surface area (Å²) in [7, 11) is 0. The SMILES string of the molecule is O=C1OCC(O)=C1c1ccc(-c2ccccc2)cc1. The minimum Gasteiger partial charge on any atom is -0.508 e. The van der Waals surface area contributed by atoms with Crippen molar-refractivity contribution < 1.29 is 14.6 Å². The summed E-state index contributed by atoms with van der Waals surface area (Å²) in [5, 5.41) is 9.63. The highest BCUT2D eigenvalue weighted by Gasteiger charge is 2.25. The van der Waals surface area contributed by atoms with Gasteiger partial charge in [-0.2, -0.15) is 0 Å². The zero-order chi connectivity index (χ0) is 13.2. The minimum atomic E-state index is -0.468. The summed E-state index contributed by atoms with van der Waals surface area (Å²) in [6.45, 7) is -0.0331. The molecular formula is C16H12O3. The van der Waals surface area contributed by atoms with Gasteiger partial charge in [-0.3, -0.25) is 0 Å². The number of carbonyl (C=O) groups is 1. The van der Waals surface area contributed by atoms with Gasteiger partial charge in [-0.05, 0) is 16.7 Å². The molecule has 0 unspecified atom stereocenters. The lowest BCUT2D eigenvalue weighted by Gasteiger charge is -2.04. The quantitative estimate of drug-likeness (QED) is 0.835. The van der Waals surface area contributed by atoms with Gasteiger partial charge in [0.1, 0.15) is 17.9 Å². The van der Waals surface area contributed by atoms with Gasteiger partial charge in [0.25, 0.3) is 0 Å². The van der Waals surface area contributed by atoms with Crippen LogP contribution < -0.4 is 0 Å². The second-order valence-electron chi connectivity index (χ2n) is 4.34. The van der Waals surface area contributed by atoms with Gasteiger partial charge in [0.15, 0.2) is 0 Å². The molecule has 1 N–H and O–H groups in total. The number of cyclic esters (lactones) is 1. The Bertz CT molecular complexity index is 639. The number of benzene rings is 2. The molecule has 3 rings (SSSR count). The molecule has 19 heavy (non-hydrogen) atoms. The maximum absolute atomic E-state index is 11.5. The van der Waals surface area contributed by atoms with Crippen LogP contribution >= 0.6 is 0 Å². The van der Waals surface area contributed by atoms with Crippen LogP contribution in [0.15, 0.2) is 60.4 Å². The van der Waals surface area contributed by atoms with E-state index in [1.54, 1.807) is 0 Å². The molecule has 1 aliphatic heterocycles. The molecule has 0 saturated carbocycles. The summed E-state index contributed by atoms with van der Waals surface area (Å²) < 4.78 is 4.78. The molecule has 0 atom stereocenters. The molecule has 2 aromatic carbocycles. The van der Waals surface area contributed by atoms with E-state index in [-0.39, 0.29) is 17.9 Å². The first kappa shape index (κ1) is 11.5. The average molecular weight is 252 g/mol. The highest BCUT2D eigenvalue weighted by molar-refractivity contribution is 6.18. The van der Waals surface area contributed by atoms with E-state index in [4.69, 9.17) is 4.74 Å². The Labute approximate surface area is 110 Å². The van der Waals surface area contributed by atoms with Crippen LogP contribution in [0.25, 0.3) is 16.7 Å². The molecule has 3 heteroatoms. The number of hydrogen-bond acceptors (Lipinski definition) is 3. The molecule has 0 aromatic heterocycles. The Morgan fingerprint density at radius 1 is 0.842 bits per heavy atom. The molecule has 0 fully saturated rings. The van der Waals surface area contributed by atoms with Crippen LogP contribution in [0.2, 0.25) is 0 Å². The number of esters is 1. The summed E-state index contributed by atoms with van der Waals surface area (Å²) in [5.74, 6) is -0.470. The van der Waals surface area contributed by atoms with Crippen LogP contribution in [0, 0.1) is 0 Å². The predicted octanol–water partition coefficient (Wildman–Crippen LogP) is 3.18. The first-order valence-electron chi connectivity index (χ1n) is 6.01. The van der Waals surface area contributed by atoms with Crippen molar-refractivity contribution in [3.05, 3.63) is 65.9 Å². The molecule has 0 amide bonds. The van der Waals surface area contributed by atoms with Crippen molar-refractivity contribution in [1.29, 1.82) is 0 Å². The standard InChI is InChI=1S/C16H12O3/c17-14-10-19-16(18)15(14)13-8-6-12(7-9-13)11-4-2-1-3-5-11/h1-9,17H,10H2. The van der Waals surface area contributed by atoms with Crippen molar-refractivity contribution >= 4 is 11.5 Å². The summed E-state index contributed by atoms with van der Waals surface area (Å²) in [6.07, 6.45) is 0. The molecule has 2 aromatic rings. The van der Waals surface area contributed by atoms with Gasteiger partial charge < -0.3 is 9.84 Å². The maximum Gasteiger partial charge on any atom is 0.342 e. The smallest absolute Gasteiger partial charge is 0.342 e. The minimum absolute atomic E-state index is 0.00235. The average Bonchev–Trinajstić information content (AvgIpc) is 2.79. The van der Waals surface area contributed by atoms with Crippen LogP contribution in [0.3, 0.4) is 0 Å². The van der Waals surface area contributed by atoms with E-state index < -0.39 is 5.97 Å². The molecule has 0 radical (unpaired) electrons. The van der Waals surface area contributed by atoms with Crippen molar-refractivity contribution in [2.24, 2.45) is 0 Å². The third kappa shape index (κ3) is 2.10. The highest BCUT2D eigenvalue weighted by atomic mass is 16.5. The first-order chi connectivity index (χ1) is 9.25. The van der Waals surface area contributed by atoms with E-state index >= 15 is 0 Å². The highest BCUT2D eigenvalue weighted by Crippen LogP contribution is 2.27. The second kappa shape index (κ2) is 4.61. The summed E-state index contributed by atoms with van der Waals surface area (Å²) in [6, 6.07) is 17.5. The monoisotopic (exact) mass is 252 g/mol. The number of aliphatic hydroxyl groups is 1. The van der Waals surface area contributed by atoms with Crippen molar-refractivity contribution in [3.63, 3.8) is 0 Å². The van der Waals surface area contributed by atoms with Crippen LogP contribution in [-0.2, 0) is 9.53 Å². The van der Waals surface area contributed by atoms with Gasteiger partial charge in [0.2, 0.25) is 0 Å². The van der Waals surface area contributed by atoms with Gasteiger partial charge >= 0.3 is 5.97 Å². The molecular weight excluding hydrogens is 240 g/mol. The Kier molecular flexibility index (Phi) is 2.80. The van der Waals surface area contributed by atoms with Gasteiger partial charge in [0.05, 0.1) is 0 Å². The summed E-state index contributed by atoms with van der Waals surface area (Å²) in [4.78, 5) is 11.5. The number of rotatable bonds is 2. The van der Waals surface area contributed by atoms with Gasteiger partial charge in [-0.15, -0.1) is 0 Å². The maximum atomic E-state index is 11.5. The van der Waals surface area contributed by atoms with Crippen LogP contribution in [0.5, 0.6) is 0 Å². The number of hydrogen-bond donors (Lipinski definition) is 1. The van der Waals surface area contributed by atoms with Gasteiger partial charge in [-0.25, -0.2) is 4.79 Å². The number of carbonyl (C=O) groups excluding carboxylic acids is 1.